The first kappa shape index (κ1) is 27.5. The Kier molecular flexibility index (Phi) is 6.40. The maximum absolute atomic E-state index is 16.8. The van der Waals surface area contributed by atoms with Crippen LogP contribution in [0.5, 0.6) is 11.6 Å². The lowest BCUT2D eigenvalue weighted by molar-refractivity contribution is 0.111. The number of phenolic OH excluding ortho intramolecular Hbond substituents is 1. The van der Waals surface area contributed by atoms with Crippen molar-refractivity contribution >= 4 is 27.4 Å². The number of terminal acetylenes is 1. The van der Waals surface area contributed by atoms with Crippen LogP contribution in [0.4, 0.5) is 18.9 Å². The van der Waals surface area contributed by atoms with Crippen molar-refractivity contribution in [1.82, 2.24) is 20.2 Å². The summed E-state index contributed by atoms with van der Waals surface area (Å²) in [5.41, 5.74) is 0.467. The number of anilines is 1. The highest BCUT2D eigenvalue weighted by Crippen LogP contribution is 2.42. The first-order valence-corrected chi connectivity index (χ1v) is 15.3. The minimum absolute atomic E-state index is 0.0380. The number of ether oxygens (including phenoxy) is 1. The van der Waals surface area contributed by atoms with Crippen molar-refractivity contribution in [2.45, 2.75) is 55.9 Å². The van der Waals surface area contributed by atoms with E-state index >= 15 is 4.39 Å². The highest BCUT2D eigenvalue weighted by Gasteiger charge is 2.49. The van der Waals surface area contributed by atoms with Crippen LogP contribution in [0.15, 0.2) is 36.5 Å². The van der Waals surface area contributed by atoms with Gasteiger partial charge in [-0.25, -0.2) is 18.2 Å². The number of hydrogen-bond donors (Lipinski definition) is 2. The number of alkyl halides is 1. The maximum atomic E-state index is 16.8. The molecule has 2 N–H and O–H groups in total. The number of aromatic nitrogens is 2. The van der Waals surface area contributed by atoms with Crippen LogP contribution in [0.1, 0.15) is 37.7 Å². The monoisotopic (exact) mass is 599 g/mol. The average molecular weight is 600 g/mol. The van der Waals surface area contributed by atoms with Crippen molar-refractivity contribution in [2.75, 3.05) is 37.7 Å². The van der Waals surface area contributed by atoms with Crippen molar-refractivity contribution in [3.05, 3.63) is 53.7 Å². The first-order valence-electron chi connectivity index (χ1n) is 15.3. The number of fused-ring (bicyclic) bond motifs is 5. The van der Waals surface area contributed by atoms with Crippen LogP contribution in [0, 0.1) is 24.0 Å². The van der Waals surface area contributed by atoms with Crippen molar-refractivity contribution < 1.29 is 23.0 Å². The van der Waals surface area contributed by atoms with Crippen molar-refractivity contribution in [2.24, 2.45) is 0 Å². The second kappa shape index (κ2) is 10.2. The van der Waals surface area contributed by atoms with Gasteiger partial charge in [0, 0.05) is 66.7 Å². The summed E-state index contributed by atoms with van der Waals surface area (Å²) in [5, 5.41) is 15.4. The highest BCUT2D eigenvalue weighted by molar-refractivity contribution is 6.03. The van der Waals surface area contributed by atoms with Crippen LogP contribution in [0.2, 0.25) is 0 Å². The number of phenols is 1. The van der Waals surface area contributed by atoms with E-state index in [2.05, 4.69) is 31.0 Å². The first-order chi connectivity index (χ1) is 21.3. The van der Waals surface area contributed by atoms with Crippen molar-refractivity contribution in [3.63, 3.8) is 0 Å². The normalized spacial score (nSPS) is 26.4. The zero-order chi connectivity index (χ0) is 30.2. The molecule has 0 saturated carbocycles. The Labute approximate surface area is 253 Å². The number of nitrogens with zero attached hydrogens (tertiary/aromatic N) is 4. The Balaban J connectivity index is 1.28. The van der Waals surface area contributed by atoms with Crippen molar-refractivity contribution in [3.8, 4) is 35.2 Å². The topological polar surface area (TPSA) is 73.8 Å². The van der Waals surface area contributed by atoms with Crippen molar-refractivity contribution in [1.29, 1.82) is 0 Å². The number of pyridine rings is 2. The zero-order valence-electron chi connectivity index (χ0n) is 24.1. The second-order valence-corrected chi connectivity index (χ2v) is 12.7. The zero-order valence-corrected chi connectivity index (χ0v) is 24.1. The molecule has 4 atom stereocenters. The van der Waals surface area contributed by atoms with Gasteiger partial charge in [-0.3, -0.25) is 9.88 Å². The lowest BCUT2D eigenvalue weighted by atomic mass is 9.95. The number of aromatic hydroxyl groups is 1. The molecule has 10 heteroatoms. The summed E-state index contributed by atoms with van der Waals surface area (Å²) in [6.45, 7) is 3.01. The summed E-state index contributed by atoms with van der Waals surface area (Å²) >= 11 is 0. The second-order valence-electron chi connectivity index (χ2n) is 12.7. The molecule has 4 aliphatic rings. The smallest absolute Gasteiger partial charge is 0.216 e. The van der Waals surface area contributed by atoms with E-state index in [1.165, 1.54) is 24.3 Å². The summed E-state index contributed by atoms with van der Waals surface area (Å²) in [5.74, 6) is 1.16. The number of rotatable bonds is 5. The van der Waals surface area contributed by atoms with Crippen LogP contribution in [0.25, 0.3) is 32.9 Å². The number of piperazine rings is 1. The summed E-state index contributed by atoms with van der Waals surface area (Å²) in [6.07, 6.45) is 10.8. The molecule has 4 aromatic rings. The van der Waals surface area contributed by atoms with Gasteiger partial charge >= 0.3 is 0 Å². The summed E-state index contributed by atoms with van der Waals surface area (Å²) < 4.78 is 52.3. The Morgan fingerprint density at radius 2 is 1.95 bits per heavy atom. The van der Waals surface area contributed by atoms with E-state index in [9.17, 15) is 13.9 Å². The third kappa shape index (κ3) is 4.36. The van der Waals surface area contributed by atoms with E-state index in [0.717, 1.165) is 51.0 Å². The Hall–Kier alpha value is -4.07. The molecule has 0 amide bonds. The summed E-state index contributed by atoms with van der Waals surface area (Å²) in [4.78, 5) is 13.6. The van der Waals surface area contributed by atoms with E-state index in [0.29, 0.717) is 35.8 Å². The number of hydrogen-bond acceptors (Lipinski definition) is 7. The van der Waals surface area contributed by atoms with Gasteiger partial charge in [-0.2, -0.15) is 0 Å². The molecule has 4 unspecified atom stereocenters. The van der Waals surface area contributed by atoms with E-state index in [-0.39, 0.29) is 51.5 Å². The van der Waals surface area contributed by atoms with Crippen LogP contribution in [-0.4, -0.2) is 76.6 Å². The minimum atomic E-state index is -0.892. The van der Waals surface area contributed by atoms with Gasteiger partial charge in [-0.05, 0) is 55.8 Å². The largest absolute Gasteiger partial charge is 0.508 e. The molecule has 6 heterocycles. The SMILES string of the molecule is C#Cc1c(F)ccc2cc(O)cc(-c3ncc4c(N5CC6CCC(C5)N6)cc(OCC56CCCN5CC(F)C6)nc4c3F)c12. The molecule has 7 nitrogen and oxygen atoms in total. The maximum Gasteiger partial charge on any atom is 0.216 e. The molecule has 226 valence electrons. The van der Waals surface area contributed by atoms with E-state index < -0.39 is 17.8 Å². The van der Waals surface area contributed by atoms with Crippen LogP contribution >= 0.6 is 0 Å². The molecule has 2 aromatic heterocycles. The third-order valence-electron chi connectivity index (χ3n) is 10.0. The molecule has 44 heavy (non-hydrogen) atoms. The highest BCUT2D eigenvalue weighted by atomic mass is 19.1. The molecule has 0 aliphatic carbocycles. The Morgan fingerprint density at radius 3 is 2.75 bits per heavy atom. The molecule has 0 spiro atoms. The van der Waals surface area contributed by atoms with Gasteiger partial charge in [0.2, 0.25) is 5.88 Å². The quantitative estimate of drug-likeness (QED) is 0.301. The van der Waals surface area contributed by atoms with E-state index in [1.54, 1.807) is 6.20 Å². The van der Waals surface area contributed by atoms with Gasteiger partial charge in [0.15, 0.2) is 5.82 Å². The van der Waals surface area contributed by atoms with Gasteiger partial charge in [-0.15, -0.1) is 6.42 Å². The molecule has 8 rings (SSSR count). The lowest BCUT2D eigenvalue weighted by Crippen LogP contribution is -2.51. The number of benzene rings is 2. The van der Waals surface area contributed by atoms with Gasteiger partial charge in [0.05, 0.1) is 16.8 Å². The molecule has 4 fully saturated rings. The van der Waals surface area contributed by atoms with Crippen LogP contribution in [0.3, 0.4) is 0 Å². The van der Waals surface area contributed by atoms with Gasteiger partial charge in [-0.1, -0.05) is 12.0 Å². The fraction of sp³-hybridized carbons (Fsp3) is 0.412. The number of halogens is 3. The molecular formula is C34H32F3N5O2. The molecule has 2 bridgehead atoms. The summed E-state index contributed by atoms with van der Waals surface area (Å²) in [7, 11) is 0. The fourth-order valence-corrected chi connectivity index (χ4v) is 8.04. The molecular weight excluding hydrogens is 567 g/mol. The lowest BCUT2D eigenvalue weighted by Gasteiger charge is -2.35. The minimum Gasteiger partial charge on any atom is -0.508 e. The van der Waals surface area contributed by atoms with Crippen LogP contribution in [-0.2, 0) is 0 Å². The van der Waals surface area contributed by atoms with E-state index in [4.69, 9.17) is 11.2 Å². The standard InChI is InChI=1S/C34H32F3N5O2/c1-2-24-27(36)7-4-19-10-23(43)11-25(30(19)24)32-31(37)33-26(14-38-32)28(41-16-21-5-6-22(17-41)39-21)12-29(40-33)44-18-34-8-3-9-42(34)15-20(35)13-34/h1,4,7,10-12,14,20-22,39,43H,3,5-6,8-9,13,15-18H2. The van der Waals surface area contributed by atoms with Gasteiger partial charge in [0.1, 0.15) is 35.6 Å². The van der Waals surface area contributed by atoms with Gasteiger partial charge in [0.25, 0.3) is 0 Å². The van der Waals surface area contributed by atoms with E-state index in [1.807, 2.05) is 6.07 Å². The Bertz CT molecular complexity index is 1850. The molecule has 2 aromatic carbocycles. The number of nitrogens with one attached hydrogen (secondary N) is 1. The summed E-state index contributed by atoms with van der Waals surface area (Å²) in [6, 6.07) is 8.03. The Morgan fingerprint density at radius 1 is 1.14 bits per heavy atom. The van der Waals surface area contributed by atoms with Crippen LogP contribution < -0.4 is 15.0 Å². The van der Waals surface area contributed by atoms with Gasteiger partial charge < -0.3 is 20.1 Å². The third-order valence-corrected chi connectivity index (χ3v) is 10.0. The average Bonchev–Trinajstić information content (AvgIpc) is 3.66. The molecule has 0 radical (unpaired) electrons. The predicted octanol–water partition coefficient (Wildman–Crippen LogP) is 5.31. The molecule has 4 saturated heterocycles. The molecule has 4 aliphatic heterocycles. The fourth-order valence-electron chi connectivity index (χ4n) is 8.04. The predicted molar refractivity (Wildman–Crippen MR) is 163 cm³/mol.